The van der Waals surface area contributed by atoms with E-state index in [-0.39, 0.29) is 17.0 Å². The monoisotopic (exact) mass is 674 g/mol. The molecule has 0 spiro atoms. The Morgan fingerprint density at radius 1 is 1.06 bits per heavy atom. The topological polar surface area (TPSA) is 130 Å². The van der Waals surface area contributed by atoms with Crippen molar-refractivity contribution in [3.05, 3.63) is 70.3 Å². The third kappa shape index (κ3) is 5.59. The Kier molecular flexibility index (Phi) is 8.13. The highest BCUT2D eigenvalue weighted by molar-refractivity contribution is 6.18. The first kappa shape index (κ1) is 32.3. The summed E-state index contributed by atoms with van der Waals surface area (Å²) in [5.74, 6) is -2.55. The molecule has 12 nitrogen and oxygen atoms in total. The normalized spacial score (nSPS) is 18.4. The number of likely N-dealkylation sites (tertiary alicyclic amines) is 1. The third-order valence-electron chi connectivity index (χ3n) is 9.30. The lowest BCUT2D eigenvalue weighted by Gasteiger charge is -2.29. The number of carbonyl (C=O) groups excluding carboxylic acids is 2. The zero-order valence-electron chi connectivity index (χ0n) is 27.7. The molecule has 1 aromatic carbocycles. The zero-order valence-corrected chi connectivity index (χ0v) is 27.7. The molecule has 49 heavy (non-hydrogen) atoms. The van der Waals surface area contributed by atoms with E-state index in [1.807, 2.05) is 6.07 Å². The Morgan fingerprint density at radius 3 is 2.59 bits per heavy atom. The Hall–Kier alpha value is -5.24. The van der Waals surface area contributed by atoms with Gasteiger partial charge in [0.15, 0.2) is 11.6 Å². The molecule has 5 aromatic rings. The van der Waals surface area contributed by atoms with Crippen molar-refractivity contribution >= 4 is 51.0 Å². The molecular weight excluding hydrogens is 638 g/mol. The van der Waals surface area contributed by atoms with E-state index in [1.165, 1.54) is 17.4 Å². The molecule has 256 valence electrons. The van der Waals surface area contributed by atoms with Crippen LogP contribution in [-0.4, -0.2) is 83.6 Å². The average molecular weight is 675 g/mol. The molecule has 2 N–H and O–H groups in total. The van der Waals surface area contributed by atoms with E-state index in [1.54, 1.807) is 45.4 Å². The fourth-order valence-corrected chi connectivity index (χ4v) is 7.20. The van der Waals surface area contributed by atoms with Gasteiger partial charge in [-0.05, 0) is 51.4 Å². The number of nitrogens with zero attached hydrogens (tertiary/aromatic N) is 4. The van der Waals surface area contributed by atoms with Crippen molar-refractivity contribution in [2.45, 2.75) is 45.6 Å². The van der Waals surface area contributed by atoms with Crippen LogP contribution in [0, 0.1) is 17.6 Å². The molecule has 14 heteroatoms. The number of ether oxygens (including phenoxy) is 3. The molecule has 0 bridgehead atoms. The maximum absolute atomic E-state index is 15.8. The minimum Gasteiger partial charge on any atom is -0.431 e. The van der Waals surface area contributed by atoms with Crippen LogP contribution in [0.3, 0.4) is 0 Å². The van der Waals surface area contributed by atoms with Crippen LogP contribution in [0.4, 0.5) is 25.0 Å². The van der Waals surface area contributed by atoms with Crippen molar-refractivity contribution in [3.63, 3.8) is 0 Å². The smallest absolute Gasteiger partial charge is 0.431 e. The quantitative estimate of drug-likeness (QED) is 0.168. The van der Waals surface area contributed by atoms with E-state index in [0.717, 1.165) is 25.6 Å². The van der Waals surface area contributed by atoms with Crippen LogP contribution in [0.1, 0.15) is 37.6 Å². The summed E-state index contributed by atoms with van der Waals surface area (Å²) in [6, 6.07) is 7.76. The van der Waals surface area contributed by atoms with E-state index in [2.05, 4.69) is 32.1 Å². The number of anilines is 2. The van der Waals surface area contributed by atoms with Crippen LogP contribution in [0.5, 0.6) is 0 Å². The SMILES string of the molecule is CNc1cc(F)c(F)c2c1[nH]c1ncc(-c3ccc4ccc(C(=O)OC(C)OC(=O)OC(C)C)c(=O)n4c3)c(N3CC[C@H]4CN(C)C[C@H]43)c12. The Balaban J connectivity index is 1.36. The summed E-state index contributed by atoms with van der Waals surface area (Å²) in [6.45, 7) is 7.06. The van der Waals surface area contributed by atoms with Crippen LogP contribution in [-0.2, 0) is 14.2 Å². The maximum Gasteiger partial charge on any atom is 0.511 e. The van der Waals surface area contributed by atoms with Crippen LogP contribution in [0.2, 0.25) is 0 Å². The second-order valence-corrected chi connectivity index (χ2v) is 12.9. The predicted octanol–water partition coefficient (Wildman–Crippen LogP) is 5.52. The first-order valence-corrected chi connectivity index (χ1v) is 16.1. The summed E-state index contributed by atoms with van der Waals surface area (Å²) in [7, 11) is 3.71. The molecular formula is C35H36F2N6O6. The Labute approximate surface area is 279 Å². The van der Waals surface area contributed by atoms with Crippen LogP contribution < -0.4 is 15.8 Å². The van der Waals surface area contributed by atoms with Gasteiger partial charge < -0.3 is 34.3 Å². The predicted molar refractivity (Wildman–Crippen MR) is 180 cm³/mol. The fourth-order valence-electron chi connectivity index (χ4n) is 7.20. The summed E-state index contributed by atoms with van der Waals surface area (Å²) < 4.78 is 47.3. The van der Waals surface area contributed by atoms with Gasteiger partial charge in [-0.1, -0.05) is 6.07 Å². The third-order valence-corrected chi connectivity index (χ3v) is 9.30. The lowest BCUT2D eigenvalue weighted by atomic mass is 10.00. The fraction of sp³-hybridized carbons (Fsp3) is 0.371. The number of H-pyrrole nitrogens is 1. The minimum absolute atomic E-state index is 0.0927. The van der Waals surface area contributed by atoms with Gasteiger partial charge in [0.1, 0.15) is 11.2 Å². The van der Waals surface area contributed by atoms with Gasteiger partial charge in [-0.2, -0.15) is 0 Å². The summed E-state index contributed by atoms with van der Waals surface area (Å²) in [5, 5.41) is 3.50. The van der Waals surface area contributed by atoms with Crippen LogP contribution in [0.15, 0.2) is 47.5 Å². The van der Waals surface area contributed by atoms with Gasteiger partial charge in [-0.15, -0.1) is 0 Å². The summed E-state index contributed by atoms with van der Waals surface area (Å²) in [5.41, 5.74) is 2.65. The number of likely N-dealkylation sites (N-methyl/N-ethyl adjacent to an activating group) is 1. The molecule has 2 saturated heterocycles. The summed E-state index contributed by atoms with van der Waals surface area (Å²) >= 11 is 0. The largest absolute Gasteiger partial charge is 0.511 e. The van der Waals surface area contributed by atoms with E-state index in [0.29, 0.717) is 57.0 Å². The number of aromatic nitrogens is 3. The Morgan fingerprint density at radius 2 is 1.84 bits per heavy atom. The molecule has 0 amide bonds. The molecule has 0 saturated carbocycles. The first-order chi connectivity index (χ1) is 23.4. The lowest BCUT2D eigenvalue weighted by molar-refractivity contribution is -0.0867. The van der Waals surface area contributed by atoms with E-state index >= 15 is 8.78 Å². The molecule has 0 aliphatic carbocycles. The van der Waals surface area contributed by atoms with Gasteiger partial charge in [-0.25, -0.2) is 23.4 Å². The van der Waals surface area contributed by atoms with Gasteiger partial charge >= 0.3 is 12.1 Å². The molecule has 3 atom stereocenters. The number of pyridine rings is 3. The number of carbonyl (C=O) groups is 2. The number of hydrogen-bond donors (Lipinski definition) is 2. The number of aromatic amines is 1. The number of fused-ring (bicyclic) bond motifs is 5. The molecule has 2 aliphatic rings. The van der Waals surface area contributed by atoms with Gasteiger partial charge in [-0.3, -0.25) is 9.20 Å². The molecule has 6 heterocycles. The van der Waals surface area contributed by atoms with Crippen molar-refractivity contribution in [3.8, 4) is 11.1 Å². The van der Waals surface area contributed by atoms with Gasteiger partial charge in [0.2, 0.25) is 6.29 Å². The number of esters is 1. The average Bonchev–Trinajstić information content (AvgIpc) is 3.74. The highest BCUT2D eigenvalue weighted by atomic mass is 19.2. The molecule has 2 aliphatic heterocycles. The van der Waals surface area contributed by atoms with E-state index in [9.17, 15) is 14.4 Å². The molecule has 2 fully saturated rings. The lowest BCUT2D eigenvalue weighted by Crippen LogP contribution is -2.35. The number of rotatable bonds is 7. The number of benzene rings is 1. The molecule has 1 unspecified atom stereocenters. The summed E-state index contributed by atoms with van der Waals surface area (Å²) in [4.78, 5) is 51.0. The zero-order chi connectivity index (χ0) is 34.7. The highest BCUT2D eigenvalue weighted by Crippen LogP contribution is 2.46. The number of hydrogen-bond acceptors (Lipinski definition) is 10. The second kappa shape index (κ2) is 12.3. The molecule has 0 radical (unpaired) electrons. The van der Waals surface area contributed by atoms with Gasteiger partial charge in [0.05, 0.1) is 33.8 Å². The standard InChI is InChI=1S/C35H36F2N6O6/c1-17(2)47-35(46)49-18(3)48-34(45)22-9-8-21-7-6-19(15-43(21)33(22)44)23-13-39-32-28(27-29(37)24(36)12-25(38-4)30(27)40-32)31(23)42-11-10-20-14-41(5)16-26(20)42/h6-9,12-13,15,17-18,20,26,38H,10-11,14,16H2,1-5H3,(H,39,40)/t18?,20-,26+/m0/s1. The number of halogens is 2. The first-order valence-electron chi connectivity index (χ1n) is 16.1. The van der Waals surface area contributed by atoms with Crippen LogP contribution in [0.25, 0.3) is 38.6 Å². The Bertz CT molecular complexity index is 2200. The minimum atomic E-state index is -1.31. The van der Waals surface area contributed by atoms with Crippen molar-refractivity contribution in [1.82, 2.24) is 19.3 Å². The van der Waals surface area contributed by atoms with Crippen molar-refractivity contribution in [2.75, 3.05) is 43.9 Å². The van der Waals surface area contributed by atoms with E-state index in [4.69, 9.17) is 14.2 Å². The maximum atomic E-state index is 15.8. The number of nitrogens with one attached hydrogen (secondary N) is 2. The van der Waals surface area contributed by atoms with Gasteiger partial charge in [0.25, 0.3) is 5.56 Å². The summed E-state index contributed by atoms with van der Waals surface area (Å²) in [6.07, 6.45) is 1.45. The highest BCUT2D eigenvalue weighted by Gasteiger charge is 2.42. The van der Waals surface area contributed by atoms with Crippen molar-refractivity contribution < 1.29 is 32.6 Å². The van der Waals surface area contributed by atoms with Crippen molar-refractivity contribution in [1.29, 1.82) is 0 Å². The van der Waals surface area contributed by atoms with Crippen molar-refractivity contribution in [2.24, 2.45) is 5.92 Å². The second-order valence-electron chi connectivity index (χ2n) is 12.9. The molecule has 7 rings (SSSR count). The molecule has 4 aromatic heterocycles. The van der Waals surface area contributed by atoms with E-state index < -0.39 is 41.7 Å². The van der Waals surface area contributed by atoms with Crippen LogP contribution >= 0.6 is 0 Å². The van der Waals surface area contributed by atoms with Gasteiger partial charge in [0, 0.05) is 74.8 Å².